The Morgan fingerprint density at radius 3 is 2.78 bits per heavy atom. The van der Waals surface area contributed by atoms with E-state index in [1.807, 2.05) is 19.1 Å². The zero-order valence-corrected chi connectivity index (χ0v) is 14.3. The molecule has 4 nitrogen and oxygen atoms in total. The van der Waals surface area contributed by atoms with E-state index in [9.17, 15) is 9.59 Å². The fourth-order valence-corrected chi connectivity index (χ4v) is 3.31. The van der Waals surface area contributed by atoms with E-state index >= 15 is 0 Å². The molecule has 1 heterocycles. The Labute approximate surface area is 138 Å². The van der Waals surface area contributed by atoms with Crippen molar-refractivity contribution in [1.29, 1.82) is 0 Å². The van der Waals surface area contributed by atoms with Gasteiger partial charge in [0.2, 0.25) is 5.91 Å². The molecule has 2 rings (SSSR count). The molecule has 0 radical (unpaired) electrons. The lowest BCUT2D eigenvalue weighted by Gasteiger charge is -2.31. The van der Waals surface area contributed by atoms with Crippen molar-refractivity contribution in [3.05, 3.63) is 36.1 Å². The molecule has 126 valence electrons. The Balaban J connectivity index is 2.18. The normalized spacial score (nSPS) is 25.3. The summed E-state index contributed by atoms with van der Waals surface area (Å²) in [6.45, 7) is 6.26. The number of hydrogen-bond donors (Lipinski definition) is 0. The quantitative estimate of drug-likeness (QED) is 0.573. The molecule has 2 aliphatic rings. The zero-order valence-electron chi connectivity index (χ0n) is 14.3. The van der Waals surface area contributed by atoms with Crippen LogP contribution in [0.4, 0.5) is 0 Å². The Morgan fingerprint density at radius 1 is 1.39 bits per heavy atom. The van der Waals surface area contributed by atoms with Gasteiger partial charge in [0, 0.05) is 24.0 Å². The molecule has 1 aliphatic carbocycles. The van der Waals surface area contributed by atoms with Crippen LogP contribution in [0.2, 0.25) is 0 Å². The van der Waals surface area contributed by atoms with Crippen LogP contribution in [0.5, 0.6) is 0 Å². The minimum Gasteiger partial charge on any atom is -0.501 e. The van der Waals surface area contributed by atoms with Gasteiger partial charge in [-0.1, -0.05) is 25.5 Å². The fraction of sp³-hybridized carbons (Fsp3) is 0.579. The van der Waals surface area contributed by atoms with Crippen molar-refractivity contribution in [1.82, 2.24) is 4.90 Å². The van der Waals surface area contributed by atoms with E-state index in [0.717, 1.165) is 37.9 Å². The molecule has 0 N–H and O–H groups in total. The van der Waals surface area contributed by atoms with Crippen LogP contribution in [0.25, 0.3) is 0 Å². The maximum Gasteiger partial charge on any atom is 0.256 e. The summed E-state index contributed by atoms with van der Waals surface area (Å²) in [4.78, 5) is 27.3. The molecule has 1 fully saturated rings. The average Bonchev–Trinajstić information content (AvgIpc) is 2.72. The van der Waals surface area contributed by atoms with Crippen LogP contribution in [0.15, 0.2) is 36.1 Å². The number of amides is 2. The summed E-state index contributed by atoms with van der Waals surface area (Å²) in [7, 11) is 1.63. The molecule has 1 aliphatic heterocycles. The third-order valence-corrected chi connectivity index (χ3v) is 4.92. The molecular weight excluding hydrogens is 290 g/mol. The largest absolute Gasteiger partial charge is 0.501 e. The summed E-state index contributed by atoms with van der Waals surface area (Å²) in [5.74, 6) is 0.719. The number of carbonyl (C=O) groups is 2. The second kappa shape index (κ2) is 7.62. The van der Waals surface area contributed by atoms with E-state index in [4.69, 9.17) is 4.74 Å². The lowest BCUT2D eigenvalue weighted by Crippen LogP contribution is -2.45. The number of allylic oxidation sites excluding steroid dienone is 4. The van der Waals surface area contributed by atoms with Gasteiger partial charge in [-0.05, 0) is 38.2 Å². The number of rotatable bonds is 5. The van der Waals surface area contributed by atoms with Gasteiger partial charge in [-0.2, -0.15) is 0 Å². The maximum absolute atomic E-state index is 13.0. The highest BCUT2D eigenvalue weighted by molar-refractivity contribution is 6.06. The number of carbonyl (C=O) groups excluding carboxylic acids is 2. The van der Waals surface area contributed by atoms with Crippen molar-refractivity contribution in [3.8, 4) is 0 Å². The van der Waals surface area contributed by atoms with Gasteiger partial charge < -0.3 is 4.74 Å². The van der Waals surface area contributed by atoms with E-state index in [0.29, 0.717) is 25.0 Å². The lowest BCUT2D eigenvalue weighted by molar-refractivity contribution is -0.149. The van der Waals surface area contributed by atoms with E-state index in [1.165, 1.54) is 4.90 Å². The summed E-state index contributed by atoms with van der Waals surface area (Å²) >= 11 is 0. The molecule has 0 aromatic heterocycles. The van der Waals surface area contributed by atoms with Gasteiger partial charge in [0.15, 0.2) is 0 Å². The predicted octanol–water partition coefficient (Wildman–Crippen LogP) is 3.75. The predicted molar refractivity (Wildman–Crippen MR) is 90.5 cm³/mol. The van der Waals surface area contributed by atoms with Gasteiger partial charge in [-0.15, -0.1) is 6.58 Å². The van der Waals surface area contributed by atoms with Crippen LogP contribution in [-0.2, 0) is 14.3 Å². The number of hydrogen-bond acceptors (Lipinski definition) is 3. The van der Waals surface area contributed by atoms with E-state index in [1.54, 1.807) is 13.2 Å². The van der Waals surface area contributed by atoms with Gasteiger partial charge in [0.05, 0.1) is 12.9 Å². The first-order valence-electron chi connectivity index (χ1n) is 8.43. The number of ether oxygens (including phenoxy) is 1. The third kappa shape index (κ3) is 3.92. The van der Waals surface area contributed by atoms with Crippen LogP contribution in [0, 0.1) is 5.41 Å². The van der Waals surface area contributed by atoms with Gasteiger partial charge in [-0.25, -0.2) is 0 Å². The number of methoxy groups -OCH3 is 1. The summed E-state index contributed by atoms with van der Waals surface area (Å²) < 4.78 is 5.20. The first-order valence-corrected chi connectivity index (χ1v) is 8.43. The van der Waals surface area contributed by atoms with Crippen molar-refractivity contribution < 1.29 is 14.3 Å². The molecule has 0 aromatic carbocycles. The van der Waals surface area contributed by atoms with Gasteiger partial charge >= 0.3 is 0 Å². The van der Waals surface area contributed by atoms with Crippen LogP contribution < -0.4 is 0 Å². The number of imide groups is 1. The van der Waals surface area contributed by atoms with Gasteiger partial charge in [0.1, 0.15) is 0 Å². The zero-order chi connectivity index (χ0) is 16.9. The molecule has 4 heteroatoms. The van der Waals surface area contributed by atoms with Gasteiger partial charge in [-0.3, -0.25) is 14.5 Å². The summed E-state index contributed by atoms with van der Waals surface area (Å²) in [5.41, 5.74) is 0.246. The van der Waals surface area contributed by atoms with Crippen molar-refractivity contribution >= 4 is 11.8 Å². The van der Waals surface area contributed by atoms with Crippen LogP contribution in [0.3, 0.4) is 0 Å². The van der Waals surface area contributed by atoms with E-state index in [-0.39, 0.29) is 11.8 Å². The first kappa shape index (κ1) is 17.5. The lowest BCUT2D eigenvalue weighted by atomic mass is 9.80. The molecule has 0 saturated carbocycles. The molecule has 0 spiro atoms. The highest BCUT2D eigenvalue weighted by atomic mass is 16.5. The summed E-state index contributed by atoms with van der Waals surface area (Å²) in [6.07, 6.45) is 11.1. The van der Waals surface area contributed by atoms with Crippen LogP contribution >= 0.6 is 0 Å². The van der Waals surface area contributed by atoms with E-state index < -0.39 is 5.41 Å². The first-order chi connectivity index (χ1) is 11.0. The van der Waals surface area contributed by atoms with Crippen molar-refractivity contribution in [2.75, 3.05) is 13.7 Å². The highest BCUT2D eigenvalue weighted by Crippen LogP contribution is 2.36. The number of likely N-dealkylation sites (tertiary alicyclic amines) is 1. The van der Waals surface area contributed by atoms with Crippen molar-refractivity contribution in [2.24, 2.45) is 5.41 Å². The molecule has 0 bridgehead atoms. The van der Waals surface area contributed by atoms with Crippen LogP contribution in [-0.4, -0.2) is 30.4 Å². The maximum atomic E-state index is 13.0. The second-order valence-electron chi connectivity index (χ2n) is 6.64. The standard InChI is InChI=1S/C19H27NO3/c1-4-5-12-19(2)13-6-7-14-20(18(19)22)17(21)15-8-10-16(23-3)11-9-15/h4,8,10H,1,5-7,9,11-14H2,2-3H3/t19-/m1/s1. The topological polar surface area (TPSA) is 46.6 Å². The van der Waals surface area contributed by atoms with Gasteiger partial charge in [0.25, 0.3) is 5.91 Å². The smallest absolute Gasteiger partial charge is 0.256 e. The Morgan fingerprint density at radius 2 is 2.17 bits per heavy atom. The second-order valence-corrected chi connectivity index (χ2v) is 6.64. The number of nitrogens with zero attached hydrogens (tertiary/aromatic N) is 1. The summed E-state index contributed by atoms with van der Waals surface area (Å²) in [5, 5.41) is 0. The Bertz CT molecular complexity index is 547. The molecular formula is C19H27NO3. The summed E-state index contributed by atoms with van der Waals surface area (Å²) in [6, 6.07) is 0. The van der Waals surface area contributed by atoms with Crippen molar-refractivity contribution in [3.63, 3.8) is 0 Å². The third-order valence-electron chi connectivity index (χ3n) is 4.92. The van der Waals surface area contributed by atoms with Crippen LogP contribution in [0.1, 0.15) is 51.9 Å². The minimum absolute atomic E-state index is 0.0238. The van der Waals surface area contributed by atoms with E-state index in [2.05, 4.69) is 6.58 Å². The molecule has 1 saturated heterocycles. The molecule has 1 atom stereocenters. The molecule has 23 heavy (non-hydrogen) atoms. The monoisotopic (exact) mass is 317 g/mol. The molecule has 0 aromatic rings. The minimum atomic E-state index is -0.455. The van der Waals surface area contributed by atoms with Crippen molar-refractivity contribution in [2.45, 2.75) is 51.9 Å². The highest BCUT2D eigenvalue weighted by Gasteiger charge is 2.40. The Kier molecular flexibility index (Phi) is 5.80. The Hall–Kier alpha value is -1.84. The average molecular weight is 317 g/mol. The SMILES string of the molecule is C=CCC[C@]1(C)CCCCN(C(=O)C2=CC=C(OC)CC2)C1=O. The molecule has 0 unspecified atom stereocenters. The molecule has 2 amide bonds. The fourth-order valence-electron chi connectivity index (χ4n) is 3.31.